The molecule has 1 atom stereocenters. The quantitative estimate of drug-likeness (QED) is 0.118. The van der Waals surface area contributed by atoms with Crippen LogP contribution in [0.5, 0.6) is 0 Å². The molecule has 0 N–H and O–H groups in total. The summed E-state index contributed by atoms with van der Waals surface area (Å²) in [5, 5.41) is 19.5. The average Bonchev–Trinajstić information content (AvgIpc) is 2.59. The van der Waals surface area contributed by atoms with Crippen molar-refractivity contribution in [3.05, 3.63) is 20.2 Å². The standard InChI is InChI=1S/C18H36N2O6/c1-2-3-4-5-6-7-8-9-10-11-12-13-14-15-16-18(17-19(21)22)25-26-20(23)24/h18H,2-17H2,1H3. The molecule has 0 aliphatic heterocycles. The van der Waals surface area contributed by atoms with Crippen molar-refractivity contribution in [2.24, 2.45) is 0 Å². The van der Waals surface area contributed by atoms with E-state index in [1.807, 2.05) is 0 Å². The van der Waals surface area contributed by atoms with Gasteiger partial charge in [-0.15, -0.1) is 15.1 Å². The number of hydrogen-bond acceptors (Lipinski definition) is 6. The van der Waals surface area contributed by atoms with Crippen LogP contribution < -0.4 is 0 Å². The summed E-state index contributed by atoms with van der Waals surface area (Å²) in [5.41, 5.74) is 0. The molecule has 0 aliphatic rings. The van der Waals surface area contributed by atoms with Gasteiger partial charge < -0.3 is 0 Å². The number of hydrogen-bond donors (Lipinski definition) is 0. The minimum Gasteiger partial charge on any atom is -0.264 e. The maximum Gasteiger partial charge on any atom is 0.322 e. The maximum absolute atomic E-state index is 10.5. The zero-order chi connectivity index (χ0) is 19.5. The molecule has 0 aromatic rings. The van der Waals surface area contributed by atoms with Crippen molar-refractivity contribution >= 4 is 0 Å². The van der Waals surface area contributed by atoms with E-state index >= 15 is 0 Å². The molecule has 0 spiro atoms. The highest BCUT2D eigenvalue weighted by Crippen LogP contribution is 2.14. The molecule has 0 saturated heterocycles. The van der Waals surface area contributed by atoms with E-state index in [1.165, 1.54) is 70.6 Å². The minimum atomic E-state index is -1.10. The molecule has 8 heteroatoms. The topological polar surface area (TPSA) is 105 Å². The van der Waals surface area contributed by atoms with Crippen molar-refractivity contribution < 1.29 is 19.9 Å². The van der Waals surface area contributed by atoms with Crippen LogP contribution in [0.4, 0.5) is 0 Å². The van der Waals surface area contributed by atoms with E-state index in [2.05, 4.69) is 16.8 Å². The van der Waals surface area contributed by atoms with Gasteiger partial charge in [-0.2, -0.15) is 4.89 Å². The van der Waals surface area contributed by atoms with Crippen LogP contribution in [0.3, 0.4) is 0 Å². The Morgan fingerprint density at radius 2 is 1.15 bits per heavy atom. The first-order chi connectivity index (χ1) is 12.6. The molecule has 8 nitrogen and oxygen atoms in total. The van der Waals surface area contributed by atoms with Gasteiger partial charge in [-0.1, -0.05) is 96.8 Å². The van der Waals surface area contributed by atoms with Gasteiger partial charge in [-0.3, -0.25) is 10.1 Å². The number of unbranched alkanes of at least 4 members (excludes halogenated alkanes) is 13. The highest BCUT2D eigenvalue weighted by molar-refractivity contribution is 4.56. The summed E-state index contributed by atoms with van der Waals surface area (Å²) in [7, 11) is 0. The fourth-order valence-corrected chi connectivity index (χ4v) is 3.00. The molecule has 0 aliphatic carbocycles. The monoisotopic (exact) mass is 376 g/mol. The van der Waals surface area contributed by atoms with E-state index in [0.29, 0.717) is 6.42 Å². The molecule has 154 valence electrons. The van der Waals surface area contributed by atoms with Crippen LogP contribution >= 0.6 is 0 Å². The summed E-state index contributed by atoms with van der Waals surface area (Å²) in [5.74, 6) is 0. The van der Waals surface area contributed by atoms with Crippen molar-refractivity contribution in [1.29, 1.82) is 0 Å². The van der Waals surface area contributed by atoms with Crippen LogP contribution in [-0.2, 0) is 9.88 Å². The molecular formula is C18H36N2O6. The summed E-state index contributed by atoms with van der Waals surface area (Å²) in [6.45, 7) is 1.76. The van der Waals surface area contributed by atoms with E-state index in [9.17, 15) is 20.2 Å². The largest absolute Gasteiger partial charge is 0.322 e. The molecule has 0 fully saturated rings. The molecule has 0 aromatic heterocycles. The molecule has 0 rings (SSSR count). The Hall–Kier alpha value is -1.44. The predicted octanol–water partition coefficient (Wildman–Crippen LogP) is 5.64. The third-order valence-corrected chi connectivity index (χ3v) is 4.47. The smallest absolute Gasteiger partial charge is 0.264 e. The Kier molecular flexibility index (Phi) is 17.3. The van der Waals surface area contributed by atoms with Gasteiger partial charge in [0.05, 0.1) is 0 Å². The van der Waals surface area contributed by atoms with Gasteiger partial charge in [0.1, 0.15) is 0 Å². The Morgan fingerprint density at radius 1 is 0.731 bits per heavy atom. The number of nitro groups is 1. The second-order valence-electron chi connectivity index (χ2n) is 6.92. The molecule has 0 radical (unpaired) electrons. The fraction of sp³-hybridized carbons (Fsp3) is 1.00. The molecular weight excluding hydrogens is 340 g/mol. The van der Waals surface area contributed by atoms with Gasteiger partial charge in [0.15, 0.2) is 6.10 Å². The third-order valence-electron chi connectivity index (χ3n) is 4.47. The van der Waals surface area contributed by atoms with Crippen molar-refractivity contribution in [2.45, 2.75) is 109 Å². The van der Waals surface area contributed by atoms with Gasteiger partial charge in [-0.25, -0.2) is 0 Å². The SMILES string of the molecule is CCCCCCCCCCCCCCCCC(C[N+](=O)[O-])OO[N+](=O)[O-]. The highest BCUT2D eigenvalue weighted by Gasteiger charge is 2.18. The molecule has 26 heavy (non-hydrogen) atoms. The summed E-state index contributed by atoms with van der Waals surface area (Å²) >= 11 is 0. The summed E-state index contributed by atoms with van der Waals surface area (Å²) in [6, 6.07) is 0. The van der Waals surface area contributed by atoms with Crippen LogP contribution in [0, 0.1) is 20.2 Å². The van der Waals surface area contributed by atoms with Gasteiger partial charge in [0.2, 0.25) is 6.54 Å². The van der Waals surface area contributed by atoms with Crippen molar-refractivity contribution in [1.82, 2.24) is 0 Å². The normalized spacial score (nSPS) is 12.0. The van der Waals surface area contributed by atoms with Crippen LogP contribution in [-0.4, -0.2) is 22.7 Å². The Labute approximate surface area is 156 Å². The molecule has 0 amide bonds. The first-order valence-electron chi connectivity index (χ1n) is 10.2. The van der Waals surface area contributed by atoms with Crippen molar-refractivity contribution in [2.75, 3.05) is 6.54 Å². The lowest BCUT2D eigenvalue weighted by Crippen LogP contribution is -2.24. The van der Waals surface area contributed by atoms with E-state index in [4.69, 9.17) is 0 Å². The molecule has 1 unspecified atom stereocenters. The summed E-state index contributed by atoms with van der Waals surface area (Å²) in [6.07, 6.45) is 16.8. The molecule has 0 bridgehead atoms. The zero-order valence-electron chi connectivity index (χ0n) is 16.2. The van der Waals surface area contributed by atoms with E-state index < -0.39 is 22.7 Å². The Bertz CT molecular complexity index is 355. The van der Waals surface area contributed by atoms with Gasteiger partial charge in [0.25, 0.3) is 0 Å². The average molecular weight is 376 g/mol. The second-order valence-corrected chi connectivity index (χ2v) is 6.92. The Morgan fingerprint density at radius 3 is 1.54 bits per heavy atom. The van der Waals surface area contributed by atoms with Gasteiger partial charge >= 0.3 is 5.09 Å². The van der Waals surface area contributed by atoms with E-state index in [-0.39, 0.29) is 0 Å². The minimum absolute atomic E-state index is 0.396. The van der Waals surface area contributed by atoms with Crippen LogP contribution in [0.1, 0.15) is 103 Å². The summed E-state index contributed by atoms with van der Waals surface area (Å²) < 4.78 is 0. The maximum atomic E-state index is 10.5. The molecule has 0 saturated carbocycles. The first-order valence-corrected chi connectivity index (χ1v) is 10.2. The van der Waals surface area contributed by atoms with E-state index in [1.54, 1.807) is 0 Å². The van der Waals surface area contributed by atoms with Crippen LogP contribution in [0.25, 0.3) is 0 Å². The van der Waals surface area contributed by atoms with Gasteiger partial charge in [-0.05, 0) is 6.42 Å². The first kappa shape index (κ1) is 24.6. The Balaban J connectivity index is 3.41. The van der Waals surface area contributed by atoms with Gasteiger partial charge in [0, 0.05) is 4.92 Å². The van der Waals surface area contributed by atoms with Crippen molar-refractivity contribution in [3.8, 4) is 0 Å². The predicted molar refractivity (Wildman–Crippen MR) is 99.7 cm³/mol. The highest BCUT2D eigenvalue weighted by atomic mass is 17.3. The fourth-order valence-electron chi connectivity index (χ4n) is 3.00. The molecule has 0 heterocycles. The molecule has 0 aromatic carbocycles. The number of nitrogens with zero attached hydrogens (tertiary/aromatic N) is 2. The second kappa shape index (κ2) is 18.4. The van der Waals surface area contributed by atoms with Crippen LogP contribution in [0.2, 0.25) is 0 Å². The van der Waals surface area contributed by atoms with E-state index in [0.717, 1.165) is 19.3 Å². The lowest BCUT2D eigenvalue weighted by molar-refractivity contribution is -0.856. The lowest BCUT2D eigenvalue weighted by atomic mass is 10.0. The van der Waals surface area contributed by atoms with Crippen molar-refractivity contribution in [3.63, 3.8) is 0 Å². The number of rotatable bonds is 20. The lowest BCUT2D eigenvalue weighted by Gasteiger charge is -2.10. The zero-order valence-corrected chi connectivity index (χ0v) is 16.2. The summed E-state index contributed by atoms with van der Waals surface area (Å²) in [4.78, 5) is 28.3. The van der Waals surface area contributed by atoms with Crippen LogP contribution in [0.15, 0.2) is 0 Å². The third kappa shape index (κ3) is 18.9.